The molecule has 90 valence electrons. The predicted octanol–water partition coefficient (Wildman–Crippen LogP) is -0.387. The molecular formula is C8H16N6O2. The maximum Gasteiger partial charge on any atom is 0.322 e. The van der Waals surface area contributed by atoms with Gasteiger partial charge in [-0.3, -0.25) is 5.43 Å². The Bertz CT molecular complexity index is 312. The highest BCUT2D eigenvalue weighted by Crippen LogP contribution is 2.09. The van der Waals surface area contributed by atoms with E-state index in [9.17, 15) is 0 Å². The lowest BCUT2D eigenvalue weighted by Gasteiger charge is -2.11. The first-order chi connectivity index (χ1) is 7.69. The first-order valence-electron chi connectivity index (χ1n) is 4.73. The van der Waals surface area contributed by atoms with Crippen molar-refractivity contribution in [3.63, 3.8) is 0 Å². The van der Waals surface area contributed by atoms with E-state index in [1.807, 2.05) is 6.92 Å². The number of nitrogens with zero attached hydrogens (tertiary/aromatic N) is 3. The Balaban J connectivity index is 2.71. The fourth-order valence-corrected chi connectivity index (χ4v) is 0.910. The van der Waals surface area contributed by atoms with Crippen LogP contribution in [0, 0.1) is 0 Å². The van der Waals surface area contributed by atoms with Crippen LogP contribution in [0.2, 0.25) is 0 Å². The number of methoxy groups -OCH3 is 2. The number of rotatable bonds is 6. The Morgan fingerprint density at radius 3 is 2.50 bits per heavy atom. The first-order valence-corrected chi connectivity index (χ1v) is 4.73. The minimum atomic E-state index is 0.0528. The fourth-order valence-electron chi connectivity index (χ4n) is 0.910. The zero-order valence-electron chi connectivity index (χ0n) is 9.52. The Hall–Kier alpha value is -1.67. The number of nitrogens with one attached hydrogen (secondary N) is 2. The summed E-state index contributed by atoms with van der Waals surface area (Å²) in [6, 6.07) is 0.190. The van der Waals surface area contributed by atoms with Gasteiger partial charge in [-0.2, -0.15) is 15.0 Å². The van der Waals surface area contributed by atoms with Crippen LogP contribution in [0.15, 0.2) is 0 Å². The Labute approximate surface area is 93.6 Å². The molecule has 1 aromatic heterocycles. The van der Waals surface area contributed by atoms with Crippen molar-refractivity contribution in [3.05, 3.63) is 0 Å². The molecule has 0 radical (unpaired) electrons. The van der Waals surface area contributed by atoms with E-state index in [1.165, 1.54) is 7.11 Å². The highest BCUT2D eigenvalue weighted by atomic mass is 16.5. The molecule has 0 spiro atoms. The van der Waals surface area contributed by atoms with Crippen molar-refractivity contribution in [3.8, 4) is 6.01 Å². The molecule has 8 nitrogen and oxygen atoms in total. The van der Waals surface area contributed by atoms with Crippen molar-refractivity contribution < 1.29 is 9.47 Å². The van der Waals surface area contributed by atoms with E-state index < -0.39 is 0 Å². The molecule has 1 heterocycles. The van der Waals surface area contributed by atoms with Crippen molar-refractivity contribution in [2.24, 2.45) is 5.84 Å². The number of hydrogen-bond acceptors (Lipinski definition) is 8. The second-order valence-corrected chi connectivity index (χ2v) is 3.04. The molecule has 0 bridgehead atoms. The Morgan fingerprint density at radius 1 is 1.25 bits per heavy atom. The van der Waals surface area contributed by atoms with Gasteiger partial charge in [-0.15, -0.1) is 0 Å². The summed E-state index contributed by atoms with van der Waals surface area (Å²) < 4.78 is 9.98. The van der Waals surface area contributed by atoms with Gasteiger partial charge in [0.05, 0.1) is 13.2 Å². The number of nitrogens with two attached hydrogens (primary N) is 1. The van der Waals surface area contributed by atoms with Crippen molar-refractivity contribution in [1.29, 1.82) is 0 Å². The first kappa shape index (κ1) is 12.4. The monoisotopic (exact) mass is 228 g/mol. The lowest BCUT2D eigenvalue weighted by Crippen LogP contribution is -2.20. The van der Waals surface area contributed by atoms with E-state index >= 15 is 0 Å². The van der Waals surface area contributed by atoms with Gasteiger partial charge in [0, 0.05) is 13.7 Å². The number of aromatic nitrogens is 3. The Morgan fingerprint density at radius 2 is 1.94 bits per heavy atom. The quantitative estimate of drug-likeness (QED) is 0.446. The molecule has 0 amide bonds. The van der Waals surface area contributed by atoms with Crippen molar-refractivity contribution in [2.75, 3.05) is 31.5 Å². The van der Waals surface area contributed by atoms with E-state index in [0.717, 1.165) is 0 Å². The van der Waals surface area contributed by atoms with Gasteiger partial charge in [-0.05, 0) is 6.92 Å². The third-order valence-corrected chi connectivity index (χ3v) is 1.88. The molecule has 0 aliphatic heterocycles. The summed E-state index contributed by atoms with van der Waals surface area (Å²) in [7, 11) is 3.10. The lowest BCUT2D eigenvalue weighted by atomic mass is 10.4. The molecule has 0 saturated heterocycles. The van der Waals surface area contributed by atoms with Crippen LogP contribution in [0.5, 0.6) is 6.01 Å². The minimum absolute atomic E-state index is 0.0528. The normalized spacial score (nSPS) is 12.0. The summed E-state index contributed by atoms with van der Waals surface area (Å²) in [5.74, 6) is 5.83. The van der Waals surface area contributed by atoms with Crippen LogP contribution in [0.1, 0.15) is 6.92 Å². The zero-order valence-corrected chi connectivity index (χ0v) is 9.52. The maximum atomic E-state index is 5.21. The largest absolute Gasteiger partial charge is 0.467 e. The van der Waals surface area contributed by atoms with Crippen molar-refractivity contribution in [1.82, 2.24) is 15.0 Å². The smallest absolute Gasteiger partial charge is 0.322 e. The molecule has 1 aromatic rings. The van der Waals surface area contributed by atoms with Gasteiger partial charge >= 0.3 is 6.01 Å². The van der Waals surface area contributed by atoms with E-state index in [2.05, 4.69) is 25.7 Å². The second kappa shape index (κ2) is 6.03. The van der Waals surface area contributed by atoms with Crippen LogP contribution in [0.4, 0.5) is 11.9 Å². The minimum Gasteiger partial charge on any atom is -0.467 e. The molecule has 16 heavy (non-hydrogen) atoms. The molecule has 1 rings (SSSR count). The molecular weight excluding hydrogens is 212 g/mol. The fraction of sp³-hybridized carbons (Fsp3) is 0.625. The summed E-state index contributed by atoms with van der Waals surface area (Å²) in [5, 5.41) is 2.98. The molecule has 0 saturated carbocycles. The van der Waals surface area contributed by atoms with Gasteiger partial charge in [0.25, 0.3) is 0 Å². The van der Waals surface area contributed by atoms with Gasteiger partial charge in [0.2, 0.25) is 11.9 Å². The van der Waals surface area contributed by atoms with Gasteiger partial charge in [-0.1, -0.05) is 0 Å². The van der Waals surface area contributed by atoms with Gasteiger partial charge in [-0.25, -0.2) is 5.84 Å². The molecule has 4 N–H and O–H groups in total. The molecule has 0 aliphatic carbocycles. The summed E-state index contributed by atoms with van der Waals surface area (Å²) in [6.45, 7) is 2.50. The van der Waals surface area contributed by atoms with E-state index in [4.69, 9.17) is 15.3 Å². The van der Waals surface area contributed by atoms with Crippen molar-refractivity contribution in [2.45, 2.75) is 13.0 Å². The SMILES string of the molecule is COc1nc(NN)nc(NCC(C)OC)n1. The van der Waals surface area contributed by atoms with E-state index in [1.54, 1.807) is 7.11 Å². The molecule has 1 atom stereocenters. The number of nitrogen functional groups attached to an aromatic ring is 1. The predicted molar refractivity (Wildman–Crippen MR) is 59.1 cm³/mol. The van der Waals surface area contributed by atoms with Crippen LogP contribution in [0.3, 0.4) is 0 Å². The third kappa shape index (κ3) is 3.48. The second-order valence-electron chi connectivity index (χ2n) is 3.04. The topological polar surface area (TPSA) is 107 Å². The molecule has 0 fully saturated rings. The number of ether oxygens (including phenoxy) is 2. The standard InChI is InChI=1S/C8H16N6O2/c1-5(15-2)4-10-6-11-7(14-9)13-8(12-6)16-3/h5H,4,9H2,1-3H3,(H2,10,11,12,13,14). The highest BCUT2D eigenvalue weighted by Gasteiger charge is 2.06. The number of anilines is 2. The summed E-state index contributed by atoms with van der Waals surface area (Å²) in [6.07, 6.45) is 0.0528. The number of hydrazine groups is 1. The van der Waals surface area contributed by atoms with Gasteiger partial charge in [0.1, 0.15) is 0 Å². The van der Waals surface area contributed by atoms with Crippen LogP contribution in [-0.2, 0) is 4.74 Å². The van der Waals surface area contributed by atoms with Gasteiger partial charge in [0.15, 0.2) is 0 Å². The molecule has 0 aromatic carbocycles. The van der Waals surface area contributed by atoms with Crippen LogP contribution >= 0.6 is 0 Å². The van der Waals surface area contributed by atoms with E-state index in [-0.39, 0.29) is 18.1 Å². The maximum absolute atomic E-state index is 5.21. The van der Waals surface area contributed by atoms with E-state index in [0.29, 0.717) is 12.5 Å². The highest BCUT2D eigenvalue weighted by molar-refractivity contribution is 5.34. The van der Waals surface area contributed by atoms with Crippen LogP contribution < -0.4 is 21.3 Å². The van der Waals surface area contributed by atoms with Gasteiger partial charge < -0.3 is 14.8 Å². The summed E-state index contributed by atoms with van der Waals surface area (Å²) in [5.41, 5.74) is 2.33. The molecule has 8 heteroatoms. The summed E-state index contributed by atoms with van der Waals surface area (Å²) in [4.78, 5) is 11.9. The average Bonchev–Trinajstić information content (AvgIpc) is 2.35. The average molecular weight is 228 g/mol. The van der Waals surface area contributed by atoms with Crippen molar-refractivity contribution >= 4 is 11.9 Å². The third-order valence-electron chi connectivity index (χ3n) is 1.88. The molecule has 1 unspecified atom stereocenters. The summed E-state index contributed by atoms with van der Waals surface area (Å²) >= 11 is 0. The number of hydrogen-bond donors (Lipinski definition) is 3. The van der Waals surface area contributed by atoms with Crippen LogP contribution in [0.25, 0.3) is 0 Å². The lowest BCUT2D eigenvalue weighted by molar-refractivity contribution is 0.128. The zero-order chi connectivity index (χ0) is 12.0. The van der Waals surface area contributed by atoms with Crippen LogP contribution in [-0.4, -0.2) is 41.8 Å². The Kier molecular flexibility index (Phi) is 4.67. The molecule has 0 aliphatic rings.